The van der Waals surface area contributed by atoms with E-state index < -0.39 is 134 Å². The highest BCUT2D eigenvalue weighted by atomic mass is 35.5. The highest BCUT2D eigenvalue weighted by Gasteiger charge is 2.59. The zero-order valence-electron chi connectivity index (χ0n) is 82.5. The van der Waals surface area contributed by atoms with E-state index in [1.165, 1.54) is 172 Å². The van der Waals surface area contributed by atoms with E-state index in [4.69, 9.17) is 190 Å². The number of halogens is 1. The van der Waals surface area contributed by atoms with Gasteiger partial charge in [0.2, 0.25) is 0 Å². The van der Waals surface area contributed by atoms with Crippen LogP contribution >= 0.6 is 56.9 Å². The Kier molecular flexibility index (Phi) is 35.0. The van der Waals surface area contributed by atoms with Crippen LogP contribution in [0.15, 0.2) is 364 Å². The van der Waals surface area contributed by atoms with Crippen molar-refractivity contribution >= 4 is 529 Å². The summed E-state index contributed by atoms with van der Waals surface area (Å²) in [7, 11) is 147. The average Bonchev–Trinajstić information content (AvgIpc) is 1.54. The summed E-state index contributed by atoms with van der Waals surface area (Å²) in [6, 6.07) is 131. The Morgan fingerprint density at radius 1 is 0.247 bits per heavy atom. The van der Waals surface area contributed by atoms with Crippen LogP contribution in [0.4, 0.5) is 28.4 Å². The molecule has 47 radical (unpaired) electrons. The van der Waals surface area contributed by atoms with Gasteiger partial charge >= 0.3 is 0 Å². The van der Waals surface area contributed by atoms with Gasteiger partial charge < -0.3 is 19.4 Å². The molecule has 0 spiro atoms. The van der Waals surface area contributed by atoms with E-state index in [9.17, 15) is 0 Å². The van der Waals surface area contributed by atoms with Gasteiger partial charge in [0.25, 0.3) is 0 Å². The van der Waals surface area contributed by atoms with Crippen molar-refractivity contribution in [1.29, 1.82) is 0 Å². The minimum Gasteiger partial charge on any atom is -0.354 e. The van der Waals surface area contributed by atoms with Gasteiger partial charge in [-0.15, -0.1) is 45.3 Å². The highest BCUT2D eigenvalue weighted by molar-refractivity contribution is 8.34. The molecule has 1 N–H and O–H groups in total. The van der Waals surface area contributed by atoms with Crippen LogP contribution in [0.1, 0.15) is 0 Å². The lowest BCUT2D eigenvalue weighted by Crippen LogP contribution is -2.94. The van der Waals surface area contributed by atoms with Crippen LogP contribution in [-0.4, -0.2) is 328 Å². The van der Waals surface area contributed by atoms with Gasteiger partial charge in [-0.05, 0) is 141 Å². The number of nitrogens with one attached hydrogen (secondary N) is 1. The van der Waals surface area contributed by atoms with Gasteiger partial charge in [-0.3, -0.25) is 0 Å². The number of rotatable bonds is 30. The summed E-state index contributed by atoms with van der Waals surface area (Å²) in [6.07, 6.45) is -24.9. The van der Waals surface area contributed by atoms with Crippen molar-refractivity contribution in [3.05, 3.63) is 369 Å². The first-order chi connectivity index (χ1) is 72.5. The third-order valence-corrected chi connectivity index (χ3v) is 34.8. The van der Waals surface area contributed by atoms with Gasteiger partial charge in [0.15, 0.2) is 0 Å². The molecule has 0 amide bonds. The fourth-order valence-electron chi connectivity index (χ4n) is 23.0. The topological polar surface area (TPSA) is 25.1 Å². The van der Waals surface area contributed by atoms with Gasteiger partial charge in [0, 0.05) is 394 Å². The summed E-state index contributed by atoms with van der Waals surface area (Å²) < 4.78 is 15.1. The number of hydrogen-bond donors (Lipinski definition) is 1. The van der Waals surface area contributed by atoms with Crippen molar-refractivity contribution in [2.75, 3.05) is 10.2 Å². The third kappa shape index (κ3) is 21.9. The minimum absolute atomic E-state index is 0.826. The SMILES string of the molecule is Clc1cccc2c1sc1c3ccccc3n(-c3ccccc3)c21.[B][B]B(B([B])[B])B(B(B([B])[B])B([B])[B])B(B(B(B([B])[B])B([B])[B])B(B([B])[B])B([B])[B])B(B(B([B])[B])B([B])[B])B(B([B])[B])B([B])[B].c1ccc(-n2c3ccccc3c3sc4c(N(c5ccc(-c6cccc7ccccc67)cc5)c5cccc6c5sc5ccccc56)cccc4c32)cc1.c1ccc2c(-c3ccc(Nc4cccc5c4sc4ccccc45)cc3)cccc2c1. The number of fused-ring (bicyclic) bond motifs is 18. The molecule has 0 aliphatic rings. The molecule has 6 aromatic heterocycles. The van der Waals surface area contributed by atoms with Crippen LogP contribution in [0.3, 0.4) is 0 Å². The summed E-state index contributed by atoms with van der Waals surface area (Å²) in [6.45, 7) is 0. The quantitative estimate of drug-likeness (QED) is 0.0454. The van der Waals surface area contributed by atoms with Crippen molar-refractivity contribution < 1.29 is 0 Å². The predicted octanol–water partition coefficient (Wildman–Crippen LogP) is 12.8. The zero-order chi connectivity index (χ0) is 105. The van der Waals surface area contributed by atoms with E-state index in [-0.39, 0.29) is 0 Å². The van der Waals surface area contributed by atoms with Gasteiger partial charge in [-0.1, -0.05) is 279 Å². The summed E-state index contributed by atoms with van der Waals surface area (Å²) in [5.41, 5.74) is 18.1. The van der Waals surface area contributed by atoms with E-state index in [0.717, 1.165) is 26.8 Å². The summed E-state index contributed by atoms with van der Waals surface area (Å²) in [4.78, 5) is 2.50. The lowest BCUT2D eigenvalue weighted by molar-refractivity contribution is 1.19. The maximum absolute atomic E-state index is 6.44. The summed E-state index contributed by atoms with van der Waals surface area (Å²) in [5, 5.41) is 19.8. The lowest BCUT2D eigenvalue weighted by atomic mass is 8.26. The predicted molar refractivity (Wildman–Crippen MR) is 719 cm³/mol. The molecule has 16 aromatic carbocycles. The van der Waals surface area contributed by atoms with E-state index in [2.05, 4.69) is 371 Å². The van der Waals surface area contributed by atoms with Crippen molar-refractivity contribution in [1.82, 2.24) is 9.13 Å². The second kappa shape index (κ2) is 48.0. The Bertz CT molecular complexity index is 8370. The molecule has 4 nitrogen and oxygen atoms in total. The number of benzene rings is 16. The van der Waals surface area contributed by atoms with E-state index in [1.807, 2.05) is 46.1 Å². The largest absolute Gasteiger partial charge is 0.354 e. The number of aromatic nitrogens is 2. The molecule has 54 heteroatoms. The van der Waals surface area contributed by atoms with E-state index in [1.54, 1.807) is 11.3 Å². The van der Waals surface area contributed by atoms with Crippen molar-refractivity contribution in [2.45, 2.75) is 0 Å². The molecule has 6 heterocycles. The number of thiophene rings is 4. The molecule has 22 aromatic rings. The molecule has 0 unspecified atom stereocenters. The van der Waals surface area contributed by atoms with Crippen LogP contribution in [0.2, 0.25) is 5.02 Å². The van der Waals surface area contributed by atoms with Crippen LogP contribution in [0, 0.1) is 0 Å². The van der Waals surface area contributed by atoms with Crippen LogP contribution in [0.5, 0.6) is 0 Å². The van der Waals surface area contributed by atoms with Crippen LogP contribution in [0.25, 0.3) is 158 Å². The number of para-hydroxylation sites is 4. The number of nitrogens with zero attached hydrogens (tertiary/aromatic N) is 3. The first-order valence-corrected chi connectivity index (χ1v) is 53.5. The van der Waals surface area contributed by atoms with Gasteiger partial charge in [0.05, 0.1) is 72.4 Å². The summed E-state index contributed by atoms with van der Waals surface area (Å²) >= 11 is 13.8. The molecular formula is C96H61B45ClN4S4. The first kappa shape index (κ1) is 109. The van der Waals surface area contributed by atoms with Crippen LogP contribution < -0.4 is 10.2 Å². The molecule has 0 atom stereocenters. The monoisotopic (exact) mass is 1930 g/mol. The van der Waals surface area contributed by atoms with Gasteiger partial charge in [0.1, 0.15) is 0 Å². The maximum atomic E-state index is 6.44. The molecule has 0 aliphatic heterocycles. The zero-order valence-corrected chi connectivity index (χ0v) is 86.5. The van der Waals surface area contributed by atoms with Crippen molar-refractivity contribution in [3.63, 3.8) is 0 Å². The van der Waals surface area contributed by atoms with E-state index in [0.29, 0.717) is 0 Å². The fourth-order valence-corrected chi connectivity index (χ4v) is 28.3. The lowest BCUT2D eigenvalue weighted by Gasteiger charge is -2.56. The molecule has 150 heavy (non-hydrogen) atoms. The van der Waals surface area contributed by atoms with E-state index >= 15 is 0 Å². The fraction of sp³-hybridized carbons (Fsp3) is 0. The Labute approximate surface area is 941 Å². The average molecular weight is 1920 g/mol. The third-order valence-electron chi connectivity index (χ3n) is 29.4. The smallest absolute Gasteiger partial charge is 0.0728 e. The molecule has 0 saturated heterocycles. The summed E-state index contributed by atoms with van der Waals surface area (Å²) in [5.74, 6) is 0. The Balaban J connectivity index is 0.000000131. The van der Waals surface area contributed by atoms with Crippen molar-refractivity contribution in [3.8, 4) is 33.6 Å². The van der Waals surface area contributed by atoms with Crippen LogP contribution in [-0.2, 0) is 0 Å². The molecule has 0 saturated carbocycles. The molecule has 0 bridgehead atoms. The molecular weight excluding hydrogens is 1860 g/mol. The van der Waals surface area contributed by atoms with Crippen molar-refractivity contribution in [2.24, 2.45) is 0 Å². The molecule has 0 aliphatic carbocycles. The number of anilines is 5. The maximum Gasteiger partial charge on any atom is 0.0728 e. The highest BCUT2D eigenvalue weighted by Crippen LogP contribution is 2.53. The normalized spacial score (nSPS) is 11.0. The minimum atomic E-state index is -1.27. The second-order valence-corrected chi connectivity index (χ2v) is 43.2. The molecule has 0 fully saturated rings. The molecule has 631 valence electrons. The second-order valence-electron chi connectivity index (χ2n) is 38.7. The Morgan fingerprint density at radius 3 is 1.00 bits per heavy atom. The Morgan fingerprint density at radius 2 is 0.567 bits per heavy atom. The van der Waals surface area contributed by atoms with Gasteiger partial charge in [-0.25, -0.2) is 0 Å². The number of hydrogen-bond acceptors (Lipinski definition) is 6. The first-order valence-electron chi connectivity index (χ1n) is 49.9. The standard InChI is InChI=1S/C48H30N2S2.C28H19NS.C20H12ClNS.B45/c1-2-15-33(16-3-1)50-41-23-8-6-19-39(41)48-45(50)40-22-12-25-43(47(40)52-48)49(42-24-11-21-38-37-18-7-9-26-44(37)51-46(38)42)34-29-27-32(28-30-34)36-20-10-14-31-13-4-5-17-35(31)36;1-2-9-22-19(7-1)8-5-11-23(22)20-15-17-21(18-16-20)29-26-13-6-12-25-24-10-3-4-14-27(24)30-28(25)26;21-16-11-6-10-15-18-20(23-19(15)16)14-9-4-5-12-17(14)22(18)13-7-2-1-3-8-13;1-24-36(25(2)3)42(37(26(4)5)27(6)7)45(43(38(28(8)9)29(10)11)39(30(12)13)31(14)15)44(40(32(16)17)33(18)19)41(34(20)21)35(22)23/h1-30H;1-18,29H;1-12H;. The molecule has 22 rings (SSSR count). The van der Waals surface area contributed by atoms with Gasteiger partial charge in [-0.2, -0.15) is 0 Å². The Hall–Kier alpha value is -9.19.